The Kier molecular flexibility index (Phi) is 4.58. The number of pyridine rings is 1. The van der Waals surface area contributed by atoms with Crippen molar-refractivity contribution in [1.82, 2.24) is 24.7 Å². The number of aromatic nitrogens is 5. The topological polar surface area (TPSA) is 76.8 Å². The molecule has 3 aromatic heterocycles. The van der Waals surface area contributed by atoms with E-state index in [1.807, 2.05) is 19.1 Å². The van der Waals surface area contributed by atoms with Crippen LogP contribution in [-0.4, -0.2) is 37.3 Å². The summed E-state index contributed by atoms with van der Waals surface area (Å²) < 4.78 is 1.58. The predicted octanol–water partition coefficient (Wildman–Crippen LogP) is 2.95. The third kappa shape index (κ3) is 3.77. The van der Waals surface area contributed by atoms with Gasteiger partial charge in [0.15, 0.2) is 0 Å². The molecule has 0 spiro atoms. The van der Waals surface area contributed by atoms with E-state index in [-0.39, 0.29) is 11.6 Å². The molecule has 1 atom stereocenters. The molecule has 0 N–H and O–H groups in total. The van der Waals surface area contributed by atoms with Crippen molar-refractivity contribution in [2.75, 3.05) is 11.4 Å². The third-order valence-electron chi connectivity index (χ3n) is 5.68. The molecule has 1 saturated carbocycles. The standard InChI is InChI=1S/C22H24N6O/c1-15-12-20(25-22(24-15)16-6-7-16)27-11-3-5-18(27)14-28-21(29)9-8-19(26-28)17-4-2-10-23-13-17/h2,4,8-10,12-13,16,18H,3,5-7,11,14H2,1H3. The summed E-state index contributed by atoms with van der Waals surface area (Å²) in [5.41, 5.74) is 2.60. The van der Waals surface area contributed by atoms with Crippen molar-refractivity contribution in [3.8, 4) is 11.3 Å². The molecule has 2 aliphatic rings. The lowest BCUT2D eigenvalue weighted by Gasteiger charge is -2.26. The van der Waals surface area contributed by atoms with E-state index in [0.29, 0.717) is 12.5 Å². The average Bonchev–Trinajstić information content (AvgIpc) is 3.49. The molecule has 1 unspecified atom stereocenters. The Morgan fingerprint density at radius 2 is 2.03 bits per heavy atom. The zero-order valence-electron chi connectivity index (χ0n) is 16.5. The first-order chi connectivity index (χ1) is 14.2. The van der Waals surface area contributed by atoms with Crippen molar-refractivity contribution in [2.45, 2.75) is 51.1 Å². The van der Waals surface area contributed by atoms with Crippen LogP contribution in [0.1, 0.15) is 43.1 Å². The van der Waals surface area contributed by atoms with Crippen LogP contribution in [0.4, 0.5) is 5.82 Å². The number of rotatable bonds is 5. The Balaban J connectivity index is 1.42. The van der Waals surface area contributed by atoms with E-state index in [0.717, 1.165) is 48.0 Å². The third-order valence-corrected chi connectivity index (χ3v) is 5.68. The highest BCUT2D eigenvalue weighted by atomic mass is 16.1. The molecule has 1 aliphatic carbocycles. The van der Waals surface area contributed by atoms with Gasteiger partial charge in [-0.15, -0.1) is 0 Å². The van der Waals surface area contributed by atoms with Crippen molar-refractivity contribution in [1.29, 1.82) is 0 Å². The SMILES string of the molecule is Cc1cc(N2CCCC2Cn2nc(-c3cccnc3)ccc2=O)nc(C2CC2)n1. The molecule has 4 heterocycles. The molecule has 0 radical (unpaired) electrons. The highest BCUT2D eigenvalue weighted by Crippen LogP contribution is 2.39. The lowest BCUT2D eigenvalue weighted by Crippen LogP contribution is -2.37. The normalized spacial score (nSPS) is 18.9. The molecule has 7 heteroatoms. The summed E-state index contributed by atoms with van der Waals surface area (Å²) >= 11 is 0. The Labute approximate surface area is 169 Å². The van der Waals surface area contributed by atoms with Crippen molar-refractivity contribution in [3.63, 3.8) is 0 Å². The molecule has 148 valence electrons. The van der Waals surface area contributed by atoms with Gasteiger partial charge in [-0.05, 0) is 50.8 Å². The minimum atomic E-state index is -0.0815. The summed E-state index contributed by atoms with van der Waals surface area (Å²) in [4.78, 5) is 28.4. The maximum Gasteiger partial charge on any atom is 0.266 e. The van der Waals surface area contributed by atoms with Gasteiger partial charge in [0, 0.05) is 48.2 Å². The average molecular weight is 388 g/mol. The van der Waals surface area contributed by atoms with Gasteiger partial charge in [0.2, 0.25) is 0 Å². The van der Waals surface area contributed by atoms with Gasteiger partial charge >= 0.3 is 0 Å². The van der Waals surface area contributed by atoms with Crippen LogP contribution in [0.3, 0.4) is 0 Å². The fourth-order valence-electron chi connectivity index (χ4n) is 4.02. The predicted molar refractivity (Wildman–Crippen MR) is 111 cm³/mol. The number of hydrogen-bond acceptors (Lipinski definition) is 6. The molecule has 0 bridgehead atoms. The molecule has 0 aromatic carbocycles. The van der Waals surface area contributed by atoms with E-state index in [4.69, 9.17) is 4.98 Å². The van der Waals surface area contributed by atoms with E-state index in [1.165, 1.54) is 12.8 Å². The number of anilines is 1. The monoisotopic (exact) mass is 388 g/mol. The Morgan fingerprint density at radius 3 is 2.83 bits per heavy atom. The van der Waals surface area contributed by atoms with Crippen LogP contribution in [0.2, 0.25) is 0 Å². The van der Waals surface area contributed by atoms with Crippen LogP contribution in [0.5, 0.6) is 0 Å². The molecule has 7 nitrogen and oxygen atoms in total. The van der Waals surface area contributed by atoms with Gasteiger partial charge in [0.05, 0.1) is 18.3 Å². The number of nitrogens with zero attached hydrogens (tertiary/aromatic N) is 6. The summed E-state index contributed by atoms with van der Waals surface area (Å²) in [5, 5.41) is 4.61. The summed E-state index contributed by atoms with van der Waals surface area (Å²) in [7, 11) is 0. The van der Waals surface area contributed by atoms with E-state index >= 15 is 0 Å². The molecule has 2 fully saturated rings. The second-order valence-corrected chi connectivity index (χ2v) is 7.97. The molecule has 1 aliphatic heterocycles. The molecule has 1 saturated heterocycles. The smallest absolute Gasteiger partial charge is 0.266 e. The second kappa shape index (κ2) is 7.39. The fraction of sp³-hybridized carbons (Fsp3) is 0.409. The Hall–Kier alpha value is -3.09. The number of aryl methyl sites for hydroxylation is 1. The molecule has 3 aromatic rings. The minimum absolute atomic E-state index is 0.0815. The highest BCUT2D eigenvalue weighted by Gasteiger charge is 2.30. The van der Waals surface area contributed by atoms with Crippen molar-refractivity contribution in [2.24, 2.45) is 0 Å². The van der Waals surface area contributed by atoms with Gasteiger partial charge < -0.3 is 4.90 Å². The highest BCUT2D eigenvalue weighted by molar-refractivity contribution is 5.56. The first-order valence-corrected chi connectivity index (χ1v) is 10.3. The summed E-state index contributed by atoms with van der Waals surface area (Å²) in [5.74, 6) is 2.48. The van der Waals surface area contributed by atoms with Gasteiger partial charge in [-0.25, -0.2) is 14.6 Å². The minimum Gasteiger partial charge on any atom is -0.352 e. The first kappa shape index (κ1) is 18.0. The van der Waals surface area contributed by atoms with Gasteiger partial charge in [-0.2, -0.15) is 5.10 Å². The van der Waals surface area contributed by atoms with Gasteiger partial charge in [0.25, 0.3) is 5.56 Å². The zero-order chi connectivity index (χ0) is 19.8. The zero-order valence-corrected chi connectivity index (χ0v) is 16.5. The fourth-order valence-corrected chi connectivity index (χ4v) is 4.02. The van der Waals surface area contributed by atoms with E-state index in [9.17, 15) is 4.79 Å². The summed E-state index contributed by atoms with van der Waals surface area (Å²) in [6.07, 6.45) is 7.98. The summed E-state index contributed by atoms with van der Waals surface area (Å²) in [6.45, 7) is 3.53. The van der Waals surface area contributed by atoms with E-state index < -0.39 is 0 Å². The molecule has 5 rings (SSSR count). The van der Waals surface area contributed by atoms with Crippen LogP contribution in [0.15, 0.2) is 47.5 Å². The van der Waals surface area contributed by atoms with Crippen molar-refractivity contribution < 1.29 is 0 Å². The van der Waals surface area contributed by atoms with Crippen molar-refractivity contribution in [3.05, 3.63) is 64.6 Å². The van der Waals surface area contributed by atoms with Crippen LogP contribution >= 0.6 is 0 Å². The molecular weight excluding hydrogens is 364 g/mol. The maximum absolute atomic E-state index is 12.5. The Morgan fingerprint density at radius 1 is 1.14 bits per heavy atom. The van der Waals surface area contributed by atoms with Crippen LogP contribution in [-0.2, 0) is 6.54 Å². The van der Waals surface area contributed by atoms with Crippen LogP contribution in [0, 0.1) is 6.92 Å². The first-order valence-electron chi connectivity index (χ1n) is 10.3. The number of hydrogen-bond donors (Lipinski definition) is 0. The largest absolute Gasteiger partial charge is 0.352 e. The van der Waals surface area contributed by atoms with Crippen LogP contribution < -0.4 is 10.5 Å². The molecule has 0 amide bonds. The van der Waals surface area contributed by atoms with Gasteiger partial charge in [-0.3, -0.25) is 9.78 Å². The van der Waals surface area contributed by atoms with E-state index in [2.05, 4.69) is 26.0 Å². The quantitative estimate of drug-likeness (QED) is 0.669. The van der Waals surface area contributed by atoms with Gasteiger partial charge in [0.1, 0.15) is 11.6 Å². The Bertz CT molecular complexity index is 1080. The van der Waals surface area contributed by atoms with Crippen molar-refractivity contribution >= 4 is 5.82 Å². The lowest BCUT2D eigenvalue weighted by atomic mass is 10.2. The summed E-state index contributed by atoms with van der Waals surface area (Å²) in [6, 6.07) is 9.44. The van der Waals surface area contributed by atoms with E-state index in [1.54, 1.807) is 29.2 Å². The molecule has 29 heavy (non-hydrogen) atoms. The maximum atomic E-state index is 12.5. The van der Waals surface area contributed by atoms with Gasteiger partial charge in [-0.1, -0.05) is 0 Å². The molecular formula is C22H24N6O. The lowest BCUT2D eigenvalue weighted by molar-refractivity contribution is 0.488. The van der Waals surface area contributed by atoms with Crippen LogP contribution in [0.25, 0.3) is 11.3 Å². The second-order valence-electron chi connectivity index (χ2n) is 7.97.